The fourth-order valence-corrected chi connectivity index (χ4v) is 1.27. The Bertz CT molecular complexity index is 469. The first-order valence-electron chi connectivity index (χ1n) is 4.34. The lowest BCUT2D eigenvalue weighted by atomic mass is 10.2. The number of carbonyl (C=O) groups excluding carboxylic acids is 2. The highest BCUT2D eigenvalue weighted by Gasteiger charge is 2.15. The predicted molar refractivity (Wildman–Crippen MR) is 55.1 cm³/mol. The van der Waals surface area contributed by atoms with Crippen LogP contribution in [0.15, 0.2) is 17.1 Å². The molecule has 0 amide bonds. The molecule has 0 aliphatic heterocycles. The number of halogens is 2. The van der Waals surface area contributed by atoms with Crippen LogP contribution in [0.2, 0.25) is 5.02 Å². The van der Waals surface area contributed by atoms with Crippen molar-refractivity contribution in [2.75, 3.05) is 6.61 Å². The molecule has 1 aromatic carbocycles. The van der Waals surface area contributed by atoms with Gasteiger partial charge in [-0.2, -0.15) is 4.99 Å². The van der Waals surface area contributed by atoms with Gasteiger partial charge in [-0.15, -0.1) is 0 Å². The topological polar surface area (TPSA) is 55.7 Å². The third kappa shape index (κ3) is 2.66. The number of aliphatic imine (C=N–C) groups is 1. The van der Waals surface area contributed by atoms with Crippen LogP contribution in [-0.2, 0) is 9.53 Å². The zero-order chi connectivity index (χ0) is 12.1. The average Bonchev–Trinajstić information content (AvgIpc) is 2.22. The molecule has 0 radical (unpaired) electrons. The number of isocyanates is 1. The van der Waals surface area contributed by atoms with Gasteiger partial charge in [-0.3, -0.25) is 0 Å². The van der Waals surface area contributed by atoms with Crippen molar-refractivity contribution < 1.29 is 18.7 Å². The fourth-order valence-electron chi connectivity index (χ4n) is 1.04. The van der Waals surface area contributed by atoms with E-state index in [1.54, 1.807) is 6.92 Å². The van der Waals surface area contributed by atoms with Crippen LogP contribution in [0.25, 0.3) is 0 Å². The highest BCUT2D eigenvalue weighted by atomic mass is 35.5. The molecule has 0 saturated carbocycles. The van der Waals surface area contributed by atoms with Crippen LogP contribution >= 0.6 is 11.6 Å². The molecular formula is C10H7ClFNO3. The molecule has 84 valence electrons. The highest BCUT2D eigenvalue weighted by Crippen LogP contribution is 2.26. The minimum Gasteiger partial charge on any atom is -0.462 e. The maximum absolute atomic E-state index is 13.2. The zero-order valence-electron chi connectivity index (χ0n) is 8.29. The highest BCUT2D eigenvalue weighted by molar-refractivity contribution is 6.33. The first-order valence-corrected chi connectivity index (χ1v) is 4.72. The van der Waals surface area contributed by atoms with Gasteiger partial charge in [0, 0.05) is 0 Å². The van der Waals surface area contributed by atoms with E-state index in [4.69, 9.17) is 16.3 Å². The molecule has 0 saturated heterocycles. The third-order valence-electron chi connectivity index (χ3n) is 1.70. The molecule has 16 heavy (non-hydrogen) atoms. The Morgan fingerprint density at radius 1 is 1.62 bits per heavy atom. The average molecular weight is 244 g/mol. The number of ether oxygens (including phenoxy) is 1. The molecule has 0 fully saturated rings. The number of hydrogen-bond acceptors (Lipinski definition) is 4. The molecule has 0 spiro atoms. The quantitative estimate of drug-likeness (QED) is 0.466. The van der Waals surface area contributed by atoms with Crippen molar-refractivity contribution in [1.29, 1.82) is 0 Å². The number of hydrogen-bond donors (Lipinski definition) is 0. The summed E-state index contributed by atoms with van der Waals surface area (Å²) in [5, 5.41) is -0.0965. The van der Waals surface area contributed by atoms with Crippen LogP contribution in [0.3, 0.4) is 0 Å². The molecule has 0 heterocycles. The molecule has 1 aromatic rings. The van der Waals surface area contributed by atoms with E-state index < -0.39 is 11.8 Å². The summed E-state index contributed by atoms with van der Waals surface area (Å²) in [5.74, 6) is -1.50. The number of benzene rings is 1. The Morgan fingerprint density at radius 3 is 2.88 bits per heavy atom. The van der Waals surface area contributed by atoms with Crippen LogP contribution in [-0.4, -0.2) is 18.7 Å². The number of esters is 1. The van der Waals surface area contributed by atoms with E-state index in [-0.39, 0.29) is 22.9 Å². The molecule has 0 bridgehead atoms. The van der Waals surface area contributed by atoms with Gasteiger partial charge in [0.15, 0.2) is 5.82 Å². The summed E-state index contributed by atoms with van der Waals surface area (Å²) in [5.41, 5.74) is -0.346. The molecule has 0 unspecified atom stereocenters. The van der Waals surface area contributed by atoms with Gasteiger partial charge in [-0.05, 0) is 19.1 Å². The van der Waals surface area contributed by atoms with Crippen LogP contribution in [0, 0.1) is 5.82 Å². The van der Waals surface area contributed by atoms with Gasteiger partial charge in [0.1, 0.15) is 5.69 Å². The lowest BCUT2D eigenvalue weighted by Crippen LogP contribution is -2.05. The zero-order valence-corrected chi connectivity index (χ0v) is 9.05. The Morgan fingerprint density at radius 2 is 2.31 bits per heavy atom. The van der Waals surface area contributed by atoms with Crippen molar-refractivity contribution in [1.82, 2.24) is 0 Å². The van der Waals surface area contributed by atoms with Crippen molar-refractivity contribution >= 4 is 29.3 Å². The number of carbonyl (C=O) groups is 1. The maximum Gasteiger partial charge on any atom is 0.339 e. The van der Waals surface area contributed by atoms with Crippen molar-refractivity contribution in [3.8, 4) is 0 Å². The summed E-state index contributed by atoms with van der Waals surface area (Å²) in [6.07, 6.45) is 1.18. The Hall–Kier alpha value is -1.71. The molecule has 0 atom stereocenters. The van der Waals surface area contributed by atoms with Gasteiger partial charge < -0.3 is 4.74 Å². The third-order valence-corrected chi connectivity index (χ3v) is 2.01. The molecule has 0 N–H and O–H groups in total. The minimum absolute atomic E-state index is 0.0427. The lowest BCUT2D eigenvalue weighted by molar-refractivity contribution is 0.0526. The Labute approximate surface area is 95.7 Å². The van der Waals surface area contributed by atoms with Gasteiger partial charge in [-0.1, -0.05) is 11.6 Å². The predicted octanol–water partition coefficient (Wildman–Crippen LogP) is 2.62. The monoisotopic (exact) mass is 243 g/mol. The van der Waals surface area contributed by atoms with Gasteiger partial charge in [-0.25, -0.2) is 14.0 Å². The van der Waals surface area contributed by atoms with Crippen molar-refractivity contribution in [2.45, 2.75) is 6.92 Å². The minimum atomic E-state index is -0.804. The smallest absolute Gasteiger partial charge is 0.339 e. The molecule has 0 aromatic heterocycles. The fraction of sp³-hybridized carbons (Fsp3) is 0.200. The van der Waals surface area contributed by atoms with E-state index in [0.29, 0.717) is 0 Å². The summed E-state index contributed by atoms with van der Waals surface area (Å²) >= 11 is 5.65. The van der Waals surface area contributed by atoms with Crippen molar-refractivity contribution in [3.63, 3.8) is 0 Å². The summed E-state index contributed by atoms with van der Waals surface area (Å²) < 4.78 is 17.9. The van der Waals surface area contributed by atoms with E-state index in [1.165, 1.54) is 6.08 Å². The standard InChI is InChI=1S/C10H7ClFNO3/c1-2-16-10(15)6-3-9(13-5-14)8(12)4-7(6)11/h3-4H,2H2,1H3. The number of nitrogens with zero attached hydrogens (tertiary/aromatic N) is 1. The van der Waals surface area contributed by atoms with E-state index >= 15 is 0 Å². The van der Waals surface area contributed by atoms with Crippen LogP contribution < -0.4 is 0 Å². The van der Waals surface area contributed by atoms with E-state index in [9.17, 15) is 14.0 Å². The van der Waals surface area contributed by atoms with Gasteiger partial charge in [0.25, 0.3) is 0 Å². The van der Waals surface area contributed by atoms with Crippen LogP contribution in [0.4, 0.5) is 10.1 Å². The normalized spacial score (nSPS) is 9.44. The van der Waals surface area contributed by atoms with Crippen molar-refractivity contribution in [2.24, 2.45) is 4.99 Å². The molecule has 4 nitrogen and oxygen atoms in total. The summed E-state index contributed by atoms with van der Waals surface area (Å²) in [4.78, 5) is 24.5. The largest absolute Gasteiger partial charge is 0.462 e. The van der Waals surface area contributed by atoms with Gasteiger partial charge in [0.2, 0.25) is 6.08 Å². The van der Waals surface area contributed by atoms with Crippen molar-refractivity contribution in [3.05, 3.63) is 28.5 Å². The number of rotatable bonds is 3. The first-order chi connectivity index (χ1) is 7.60. The lowest BCUT2D eigenvalue weighted by Gasteiger charge is -2.05. The Kier molecular flexibility index (Phi) is 4.17. The molecule has 0 aliphatic rings. The SMILES string of the molecule is CCOC(=O)c1cc(N=C=O)c(F)cc1Cl. The molecule has 6 heteroatoms. The summed E-state index contributed by atoms with van der Waals surface area (Å²) in [6, 6.07) is 1.94. The molecule has 1 rings (SSSR count). The summed E-state index contributed by atoms with van der Waals surface area (Å²) in [7, 11) is 0. The second-order valence-electron chi connectivity index (χ2n) is 2.71. The van der Waals surface area contributed by atoms with E-state index in [1.807, 2.05) is 0 Å². The first kappa shape index (κ1) is 12.4. The Balaban J connectivity index is 3.24. The van der Waals surface area contributed by atoms with Crippen LogP contribution in [0.1, 0.15) is 17.3 Å². The molecular weight excluding hydrogens is 237 g/mol. The molecule has 0 aliphatic carbocycles. The maximum atomic E-state index is 13.2. The van der Waals surface area contributed by atoms with Gasteiger partial charge >= 0.3 is 5.97 Å². The second-order valence-corrected chi connectivity index (χ2v) is 3.11. The van der Waals surface area contributed by atoms with E-state index in [2.05, 4.69) is 4.99 Å². The second kappa shape index (κ2) is 5.39. The van der Waals surface area contributed by atoms with Crippen LogP contribution in [0.5, 0.6) is 0 Å². The summed E-state index contributed by atoms with van der Waals surface area (Å²) in [6.45, 7) is 1.79. The van der Waals surface area contributed by atoms with Gasteiger partial charge in [0.05, 0.1) is 17.2 Å². The van der Waals surface area contributed by atoms with E-state index in [0.717, 1.165) is 12.1 Å².